The number of amides is 4. The smallest absolute Gasteiger partial charge is 0.263 e. The highest BCUT2D eigenvalue weighted by atomic mass is 32.1. The first-order valence-electron chi connectivity index (χ1n) is 18.7. The van der Waals surface area contributed by atoms with Gasteiger partial charge in [0.25, 0.3) is 5.91 Å². The summed E-state index contributed by atoms with van der Waals surface area (Å²) in [5.74, 6) is 0.886. The van der Waals surface area contributed by atoms with E-state index in [1.807, 2.05) is 49.4 Å². The fourth-order valence-corrected chi connectivity index (χ4v) is 7.48. The molecular weight excluding hydrogens is 705 g/mol. The average molecular weight is 755 g/mol. The molecule has 2 bridgehead atoms. The van der Waals surface area contributed by atoms with Gasteiger partial charge in [0.2, 0.25) is 17.7 Å². The molecule has 14 heteroatoms. The van der Waals surface area contributed by atoms with Crippen LogP contribution in [-0.4, -0.2) is 68.1 Å². The van der Waals surface area contributed by atoms with Crippen molar-refractivity contribution >= 4 is 35.0 Å². The van der Waals surface area contributed by atoms with Crippen LogP contribution in [0.1, 0.15) is 89.2 Å². The number of thiazole rings is 1. The second-order valence-electron chi connectivity index (χ2n) is 14.9. The Kier molecular flexibility index (Phi) is 12.4. The van der Waals surface area contributed by atoms with Gasteiger partial charge >= 0.3 is 0 Å². The lowest BCUT2D eigenvalue weighted by Gasteiger charge is -2.25. The maximum absolute atomic E-state index is 14.0. The minimum Gasteiger partial charge on any atom is -0.491 e. The Morgan fingerprint density at radius 2 is 1.70 bits per heavy atom. The Balaban J connectivity index is 1.34. The van der Waals surface area contributed by atoms with Gasteiger partial charge in [-0.2, -0.15) is 5.10 Å². The predicted molar refractivity (Wildman–Crippen MR) is 205 cm³/mol. The van der Waals surface area contributed by atoms with Gasteiger partial charge in [-0.05, 0) is 81.5 Å². The number of hydrogen-bond acceptors (Lipinski definition) is 9. The monoisotopic (exact) mass is 754 g/mol. The molecule has 4 amide bonds. The number of nitrogens with one attached hydrogen (secondary N) is 4. The lowest BCUT2D eigenvalue weighted by atomic mass is 10.0. The minimum absolute atomic E-state index is 0.0934. The van der Waals surface area contributed by atoms with E-state index < -0.39 is 35.8 Å². The Bertz CT molecular complexity index is 1940. The second-order valence-corrected chi connectivity index (χ2v) is 16.1. The highest BCUT2D eigenvalue weighted by molar-refractivity contribution is 7.13. The quantitative estimate of drug-likeness (QED) is 0.208. The largest absolute Gasteiger partial charge is 0.491 e. The lowest BCUT2D eigenvalue weighted by Crippen LogP contribution is -2.54. The number of carbonyl (C=O) groups is 4. The van der Waals surface area contributed by atoms with E-state index in [0.29, 0.717) is 59.1 Å². The number of benzene rings is 2. The Labute approximate surface area is 320 Å². The summed E-state index contributed by atoms with van der Waals surface area (Å²) in [5.41, 5.74) is 2.32. The Hall–Kier alpha value is -5.11. The van der Waals surface area contributed by atoms with Crippen molar-refractivity contribution in [1.29, 1.82) is 0 Å². The first kappa shape index (κ1) is 38.6. The zero-order chi connectivity index (χ0) is 38.4. The number of rotatable bonds is 8. The zero-order valence-corrected chi connectivity index (χ0v) is 32.4. The van der Waals surface area contributed by atoms with Crippen LogP contribution in [0.4, 0.5) is 0 Å². The van der Waals surface area contributed by atoms with Crippen molar-refractivity contribution in [3.63, 3.8) is 0 Å². The van der Waals surface area contributed by atoms with E-state index in [-0.39, 0.29) is 31.5 Å². The van der Waals surface area contributed by atoms with Crippen molar-refractivity contribution < 1.29 is 23.9 Å². The summed E-state index contributed by atoms with van der Waals surface area (Å²) >= 11 is 1.26. The van der Waals surface area contributed by atoms with E-state index in [9.17, 15) is 19.2 Å². The number of hydrogen-bond donors (Lipinski definition) is 4. The number of ether oxygens (including phenoxy) is 1. The normalized spacial score (nSPS) is 21.4. The summed E-state index contributed by atoms with van der Waals surface area (Å²) in [6, 6.07) is 14.1. The lowest BCUT2D eigenvalue weighted by molar-refractivity contribution is -0.130. The zero-order valence-electron chi connectivity index (χ0n) is 31.6. The summed E-state index contributed by atoms with van der Waals surface area (Å²) in [4.78, 5) is 64.8. The summed E-state index contributed by atoms with van der Waals surface area (Å²) < 4.78 is 7.77. The van der Waals surface area contributed by atoms with Crippen molar-refractivity contribution in [2.24, 2.45) is 11.8 Å². The van der Waals surface area contributed by atoms with E-state index in [2.05, 4.69) is 40.1 Å². The van der Waals surface area contributed by atoms with Crippen LogP contribution in [0.5, 0.6) is 5.75 Å². The van der Waals surface area contributed by atoms with Crippen LogP contribution in [0.25, 0.3) is 0 Å². The molecule has 0 radical (unpaired) electrons. The van der Waals surface area contributed by atoms with Crippen LogP contribution in [0.3, 0.4) is 0 Å². The molecule has 2 aromatic heterocycles. The third-order valence-electron chi connectivity index (χ3n) is 9.54. The molecule has 4 heterocycles. The van der Waals surface area contributed by atoms with Crippen LogP contribution in [0.15, 0.2) is 54.6 Å². The van der Waals surface area contributed by atoms with Gasteiger partial charge in [0, 0.05) is 12.8 Å². The molecule has 7 rings (SSSR count). The molecule has 0 unspecified atom stereocenters. The molecule has 1 saturated carbocycles. The van der Waals surface area contributed by atoms with E-state index in [1.54, 1.807) is 30.7 Å². The topological polar surface area (TPSA) is 169 Å². The maximum atomic E-state index is 14.0. The van der Waals surface area contributed by atoms with E-state index >= 15 is 0 Å². The number of nitrogens with zero attached hydrogens (tertiary/aromatic N) is 4. The van der Waals surface area contributed by atoms with Gasteiger partial charge in [-0.3, -0.25) is 19.2 Å². The van der Waals surface area contributed by atoms with Gasteiger partial charge in [-0.15, -0.1) is 11.3 Å². The van der Waals surface area contributed by atoms with Gasteiger partial charge in [0.05, 0.1) is 22.8 Å². The molecule has 4 atom stereocenters. The van der Waals surface area contributed by atoms with Crippen LogP contribution >= 0.6 is 11.3 Å². The number of aryl methyl sites for hydroxylation is 2. The molecule has 2 aromatic carbocycles. The minimum atomic E-state index is -0.995. The SMILES string of the molecule is Cc1nc(C)c(C(=O)N[C@H]2Cc3ccc(cc3)OC[C@H](CC(C)C)NC(=O)Cn3nc(CC4CC4)nc3[C@@H](Cc3ccccc3)NC(=O)[C@@H](C)NC2=O)s1. The highest BCUT2D eigenvalue weighted by Crippen LogP contribution is 2.32. The molecule has 54 heavy (non-hydrogen) atoms. The first-order chi connectivity index (χ1) is 25.9. The van der Waals surface area contributed by atoms with Crippen LogP contribution in [0, 0.1) is 25.7 Å². The van der Waals surface area contributed by atoms with Gasteiger partial charge < -0.3 is 26.0 Å². The second kappa shape index (κ2) is 17.4. The van der Waals surface area contributed by atoms with Crippen LogP contribution in [0.2, 0.25) is 0 Å². The molecule has 4 aromatic rings. The number of aromatic nitrogens is 4. The molecule has 286 valence electrons. The fraction of sp³-hybridized carbons (Fsp3) is 0.475. The Morgan fingerprint density at radius 1 is 0.963 bits per heavy atom. The van der Waals surface area contributed by atoms with Crippen molar-refractivity contribution in [3.8, 4) is 5.75 Å². The van der Waals surface area contributed by atoms with Gasteiger partial charge in [0.15, 0.2) is 11.6 Å². The van der Waals surface area contributed by atoms with Gasteiger partial charge in [-0.25, -0.2) is 14.6 Å². The molecule has 4 N–H and O–H groups in total. The van der Waals surface area contributed by atoms with Crippen molar-refractivity contribution in [1.82, 2.24) is 41.0 Å². The standard InChI is InChI=1S/C40H50N8O5S/c1-23(2)17-30-22-53-31-15-13-28(14-16-31)19-33(45-40(52)36-24(3)41-26(5)54-36)39(51)42-25(4)38(50)44-32(18-27-9-7-6-8-10-27)37-46-34(20-29-11-12-29)47-48(37)21-35(49)43-30/h6-10,13-16,23,25,29-30,32-33H,11-12,17-22H2,1-5H3,(H,42,51)(H,43,49)(H,44,50)(H,45,52)/t25-,30+,32-,33+/m1/s1. The molecule has 2 aliphatic heterocycles. The summed E-state index contributed by atoms with van der Waals surface area (Å²) in [6.07, 6.45) is 4.14. The molecular formula is C40H50N8O5S. The predicted octanol–water partition coefficient (Wildman–Crippen LogP) is 4.17. The summed E-state index contributed by atoms with van der Waals surface area (Å²) in [6.45, 7) is 9.54. The number of fused-ring (bicyclic) bond motifs is 14. The van der Waals surface area contributed by atoms with Crippen LogP contribution < -0.4 is 26.0 Å². The van der Waals surface area contributed by atoms with E-state index in [1.165, 1.54) is 11.3 Å². The molecule has 0 saturated heterocycles. The van der Waals surface area contributed by atoms with Crippen molar-refractivity contribution in [3.05, 3.63) is 93.0 Å². The molecule has 1 fully saturated rings. The molecule has 0 spiro atoms. The maximum Gasteiger partial charge on any atom is 0.263 e. The molecule has 3 aliphatic rings. The average Bonchev–Trinajstić information content (AvgIpc) is 3.76. The first-order valence-corrected chi connectivity index (χ1v) is 19.6. The number of carbonyl (C=O) groups excluding carboxylic acids is 4. The highest BCUT2D eigenvalue weighted by Gasteiger charge is 2.31. The van der Waals surface area contributed by atoms with E-state index in [4.69, 9.17) is 14.8 Å². The van der Waals surface area contributed by atoms with Crippen LogP contribution in [-0.2, 0) is 40.2 Å². The fourth-order valence-electron chi connectivity index (χ4n) is 6.65. The van der Waals surface area contributed by atoms with Gasteiger partial charge in [-0.1, -0.05) is 56.3 Å². The van der Waals surface area contributed by atoms with Gasteiger partial charge in [0.1, 0.15) is 35.9 Å². The van der Waals surface area contributed by atoms with Crippen molar-refractivity contribution in [2.75, 3.05) is 6.61 Å². The third kappa shape index (κ3) is 10.5. The van der Waals surface area contributed by atoms with Crippen molar-refractivity contribution in [2.45, 2.75) is 104 Å². The third-order valence-corrected chi connectivity index (χ3v) is 10.6. The summed E-state index contributed by atoms with van der Waals surface area (Å²) in [7, 11) is 0. The summed E-state index contributed by atoms with van der Waals surface area (Å²) in [5, 5.41) is 17.5. The Morgan fingerprint density at radius 3 is 2.37 bits per heavy atom. The molecule has 1 aliphatic carbocycles. The van der Waals surface area contributed by atoms with E-state index in [0.717, 1.165) is 29.0 Å². The molecule has 13 nitrogen and oxygen atoms in total.